The Morgan fingerprint density at radius 2 is 1.84 bits per heavy atom. The molecule has 1 rings (SSSR count). The normalized spacial score (nSPS) is 11.8. The first-order valence-corrected chi connectivity index (χ1v) is 9.22. The van der Waals surface area contributed by atoms with Crippen LogP contribution in [0.25, 0.3) is 0 Å². The third kappa shape index (κ3) is 10.1. The van der Waals surface area contributed by atoms with Crippen molar-refractivity contribution in [2.24, 2.45) is 0 Å². The lowest BCUT2D eigenvalue weighted by Crippen LogP contribution is -2.04. The monoisotopic (exact) mass is 306 g/mol. The van der Waals surface area contributed by atoms with Gasteiger partial charge in [0, 0.05) is 17.9 Å². The van der Waals surface area contributed by atoms with E-state index in [1.54, 1.807) is 11.3 Å². The molecule has 0 saturated carbocycles. The fourth-order valence-corrected chi connectivity index (χ4v) is 2.71. The summed E-state index contributed by atoms with van der Waals surface area (Å²) in [7, 11) is -3.27. The third-order valence-corrected chi connectivity index (χ3v) is 4.08. The molecule has 1 aromatic rings. The van der Waals surface area contributed by atoms with E-state index in [2.05, 4.69) is 21.7 Å². The minimum atomic E-state index is -3.27. The van der Waals surface area contributed by atoms with Crippen molar-refractivity contribution in [3.63, 3.8) is 0 Å². The van der Waals surface area contributed by atoms with Gasteiger partial charge < -0.3 is 4.74 Å². The van der Waals surface area contributed by atoms with Crippen LogP contribution in [-0.2, 0) is 25.5 Å². The average molecular weight is 306 g/mol. The van der Waals surface area contributed by atoms with Crippen LogP contribution in [0.4, 0.5) is 0 Å². The lowest BCUT2D eigenvalue weighted by atomic mass is 10.2. The Balaban J connectivity index is 1.81. The predicted octanol–water partition coefficient (Wildman–Crippen LogP) is 2.84. The molecule has 0 unspecified atom stereocenters. The van der Waals surface area contributed by atoms with E-state index < -0.39 is 10.1 Å². The van der Waals surface area contributed by atoms with E-state index in [9.17, 15) is 8.42 Å². The molecule has 0 bridgehead atoms. The summed E-state index contributed by atoms with van der Waals surface area (Å²) in [5, 5.41) is 2.08. The molecule has 0 aliphatic rings. The third-order valence-electron chi connectivity index (χ3n) is 2.55. The van der Waals surface area contributed by atoms with Crippen molar-refractivity contribution in [3.05, 3.63) is 22.4 Å². The van der Waals surface area contributed by atoms with Crippen molar-refractivity contribution in [2.45, 2.75) is 32.1 Å². The number of hydrogen-bond donors (Lipinski definition) is 0. The van der Waals surface area contributed by atoms with Crippen LogP contribution in [-0.4, -0.2) is 34.5 Å². The first kappa shape index (κ1) is 16.6. The number of rotatable bonds is 11. The van der Waals surface area contributed by atoms with Crippen molar-refractivity contribution < 1.29 is 17.3 Å². The Morgan fingerprint density at radius 3 is 2.47 bits per heavy atom. The lowest BCUT2D eigenvalue weighted by Gasteiger charge is -2.04. The van der Waals surface area contributed by atoms with Gasteiger partial charge in [0.25, 0.3) is 10.1 Å². The van der Waals surface area contributed by atoms with Crippen molar-refractivity contribution in [2.75, 3.05) is 26.1 Å². The summed E-state index contributed by atoms with van der Waals surface area (Å²) in [6, 6.07) is 4.17. The van der Waals surface area contributed by atoms with Gasteiger partial charge in [-0.1, -0.05) is 18.9 Å². The number of thiophene rings is 1. The SMILES string of the molecule is CS(=O)(=O)OCCCCCCOCCc1cccs1. The zero-order valence-corrected chi connectivity index (χ0v) is 13.0. The Morgan fingerprint density at radius 1 is 1.11 bits per heavy atom. The molecule has 6 heteroatoms. The molecule has 0 aliphatic heterocycles. The van der Waals surface area contributed by atoms with Crippen molar-refractivity contribution >= 4 is 21.5 Å². The van der Waals surface area contributed by atoms with Crippen LogP contribution in [0.2, 0.25) is 0 Å². The first-order valence-electron chi connectivity index (χ1n) is 6.52. The summed E-state index contributed by atoms with van der Waals surface area (Å²) in [6.45, 7) is 1.84. The topological polar surface area (TPSA) is 52.6 Å². The highest BCUT2D eigenvalue weighted by Crippen LogP contribution is 2.09. The molecule has 110 valence electrons. The maximum atomic E-state index is 10.7. The Kier molecular flexibility index (Phi) is 8.29. The Labute approximate surface area is 119 Å². The van der Waals surface area contributed by atoms with Crippen LogP contribution in [0.1, 0.15) is 30.6 Å². The van der Waals surface area contributed by atoms with Crippen LogP contribution < -0.4 is 0 Å². The van der Waals surface area contributed by atoms with Gasteiger partial charge in [-0.2, -0.15) is 8.42 Å². The first-order chi connectivity index (χ1) is 9.08. The molecule has 0 atom stereocenters. The minimum Gasteiger partial charge on any atom is -0.381 e. The largest absolute Gasteiger partial charge is 0.381 e. The molecule has 4 nitrogen and oxygen atoms in total. The number of hydrogen-bond acceptors (Lipinski definition) is 5. The van der Waals surface area contributed by atoms with Crippen LogP contribution in [0.3, 0.4) is 0 Å². The van der Waals surface area contributed by atoms with Gasteiger partial charge >= 0.3 is 0 Å². The van der Waals surface area contributed by atoms with E-state index >= 15 is 0 Å². The standard InChI is InChI=1S/C13H22O4S2/c1-19(14,15)17-10-5-3-2-4-9-16-11-8-13-7-6-12-18-13/h6-7,12H,2-5,8-11H2,1H3. The molecule has 0 fully saturated rings. The number of ether oxygens (including phenoxy) is 1. The van der Waals surface area contributed by atoms with E-state index in [1.807, 2.05) is 0 Å². The molecule has 1 aromatic heterocycles. The van der Waals surface area contributed by atoms with E-state index in [4.69, 9.17) is 4.74 Å². The molecule has 0 saturated heterocycles. The van der Waals surface area contributed by atoms with E-state index in [1.165, 1.54) is 4.88 Å². The highest BCUT2D eigenvalue weighted by molar-refractivity contribution is 7.85. The van der Waals surface area contributed by atoms with Gasteiger partial charge in [-0.3, -0.25) is 4.18 Å². The fraction of sp³-hybridized carbons (Fsp3) is 0.692. The summed E-state index contributed by atoms with van der Waals surface area (Å²) >= 11 is 1.76. The maximum absolute atomic E-state index is 10.7. The van der Waals surface area contributed by atoms with Gasteiger partial charge in [0.1, 0.15) is 0 Å². The summed E-state index contributed by atoms with van der Waals surface area (Å²) < 4.78 is 31.6. The molecular weight excluding hydrogens is 284 g/mol. The molecule has 19 heavy (non-hydrogen) atoms. The van der Waals surface area contributed by atoms with Crippen LogP contribution >= 0.6 is 11.3 Å². The van der Waals surface area contributed by atoms with Crippen molar-refractivity contribution in [1.29, 1.82) is 0 Å². The molecule has 0 amide bonds. The summed E-state index contributed by atoms with van der Waals surface area (Å²) in [4.78, 5) is 1.36. The van der Waals surface area contributed by atoms with E-state index in [0.29, 0.717) is 0 Å². The van der Waals surface area contributed by atoms with Gasteiger partial charge in [-0.15, -0.1) is 11.3 Å². The summed E-state index contributed by atoms with van der Waals surface area (Å²) in [5.74, 6) is 0. The van der Waals surface area contributed by atoms with Crippen molar-refractivity contribution in [1.82, 2.24) is 0 Å². The van der Waals surface area contributed by atoms with Gasteiger partial charge in [0.2, 0.25) is 0 Å². The van der Waals surface area contributed by atoms with E-state index in [0.717, 1.165) is 51.6 Å². The Bertz CT molecular complexity index is 412. The van der Waals surface area contributed by atoms with Crippen LogP contribution in [0.5, 0.6) is 0 Å². The second-order valence-corrected chi connectivity index (χ2v) is 7.06. The average Bonchev–Trinajstić information content (AvgIpc) is 2.83. The van der Waals surface area contributed by atoms with Gasteiger partial charge in [0.15, 0.2) is 0 Å². The van der Waals surface area contributed by atoms with Crippen LogP contribution in [0, 0.1) is 0 Å². The molecule has 0 N–H and O–H groups in total. The molecule has 0 aromatic carbocycles. The second-order valence-electron chi connectivity index (χ2n) is 4.38. The van der Waals surface area contributed by atoms with E-state index in [-0.39, 0.29) is 6.61 Å². The fourth-order valence-electron chi connectivity index (χ4n) is 1.60. The number of unbranched alkanes of at least 4 members (excludes halogenated alkanes) is 3. The lowest BCUT2D eigenvalue weighted by molar-refractivity contribution is 0.133. The zero-order chi connectivity index (χ0) is 14.0. The predicted molar refractivity (Wildman–Crippen MR) is 78.1 cm³/mol. The Hall–Kier alpha value is -0.430. The highest BCUT2D eigenvalue weighted by Gasteiger charge is 2.00. The molecular formula is C13H22O4S2. The van der Waals surface area contributed by atoms with Gasteiger partial charge in [0.05, 0.1) is 19.5 Å². The quantitative estimate of drug-likeness (QED) is 0.466. The minimum absolute atomic E-state index is 0.290. The molecule has 1 heterocycles. The second kappa shape index (κ2) is 9.47. The zero-order valence-electron chi connectivity index (χ0n) is 11.3. The summed E-state index contributed by atoms with van der Waals surface area (Å²) in [6.07, 6.45) is 5.88. The molecule has 0 spiro atoms. The van der Waals surface area contributed by atoms with Crippen LogP contribution in [0.15, 0.2) is 17.5 Å². The molecule has 0 aliphatic carbocycles. The smallest absolute Gasteiger partial charge is 0.264 e. The molecule has 0 radical (unpaired) electrons. The van der Waals surface area contributed by atoms with Crippen molar-refractivity contribution in [3.8, 4) is 0 Å². The van der Waals surface area contributed by atoms with Gasteiger partial charge in [-0.25, -0.2) is 0 Å². The summed E-state index contributed by atoms with van der Waals surface area (Å²) in [5.41, 5.74) is 0. The maximum Gasteiger partial charge on any atom is 0.264 e. The van der Waals surface area contributed by atoms with Gasteiger partial charge in [-0.05, 0) is 24.3 Å². The highest BCUT2D eigenvalue weighted by atomic mass is 32.2.